The molecule has 0 spiro atoms. The summed E-state index contributed by atoms with van der Waals surface area (Å²) in [4.78, 5) is 9.04. The number of benzene rings is 1. The molecule has 1 N–H and O–H groups in total. The Bertz CT molecular complexity index is 250. The Morgan fingerprint density at radius 2 is 1.80 bits per heavy atom. The minimum absolute atomic E-state index is 0.509. The smallest absolute Gasteiger partial charge is 0.226 e. The van der Waals surface area contributed by atoms with Crippen molar-refractivity contribution in [2.45, 2.75) is 0 Å². The highest BCUT2D eigenvalue weighted by atomic mass is 31.2. The van der Waals surface area contributed by atoms with E-state index in [1.807, 2.05) is 6.07 Å². The molecule has 0 fully saturated rings. The average Bonchev–Trinajstić information content (AvgIpc) is 1.88. The summed E-state index contributed by atoms with van der Waals surface area (Å²) >= 11 is 0. The third-order valence-electron chi connectivity index (χ3n) is 1.24. The van der Waals surface area contributed by atoms with Gasteiger partial charge in [-0.05, 0) is 12.1 Å². The van der Waals surface area contributed by atoms with Gasteiger partial charge < -0.3 is 4.89 Å². The van der Waals surface area contributed by atoms with Crippen LogP contribution in [0.4, 0.5) is 0 Å². The van der Waals surface area contributed by atoms with Gasteiger partial charge in [-0.3, -0.25) is 4.57 Å². The molecule has 0 heterocycles. The van der Waals surface area contributed by atoms with Crippen LogP contribution in [-0.2, 0) is 4.57 Å². The summed E-state index contributed by atoms with van der Waals surface area (Å²) in [6.45, 7) is 1.34. The Labute approximate surface area is 60.0 Å². The van der Waals surface area contributed by atoms with Gasteiger partial charge in [0.25, 0.3) is 0 Å². The van der Waals surface area contributed by atoms with E-state index in [1.165, 1.54) is 6.66 Å². The fourth-order valence-electron chi connectivity index (χ4n) is 0.705. The number of hydrogen-bond acceptors (Lipinski definition) is 1. The molecule has 1 unspecified atom stereocenters. The zero-order chi connectivity index (χ0) is 7.61. The first-order chi connectivity index (χ1) is 4.61. The van der Waals surface area contributed by atoms with E-state index < -0.39 is 7.37 Å². The van der Waals surface area contributed by atoms with Crippen molar-refractivity contribution >= 4 is 12.7 Å². The molecule has 0 saturated heterocycles. The lowest BCUT2D eigenvalue weighted by Crippen LogP contribution is -2.00. The lowest BCUT2D eigenvalue weighted by Gasteiger charge is -2.02. The van der Waals surface area contributed by atoms with E-state index in [0.717, 1.165) is 0 Å². The van der Waals surface area contributed by atoms with Crippen LogP contribution in [0.5, 0.6) is 0 Å². The second-order valence-corrected chi connectivity index (χ2v) is 4.49. The molecule has 0 radical (unpaired) electrons. The summed E-state index contributed by atoms with van der Waals surface area (Å²) in [6.07, 6.45) is 0. The first kappa shape index (κ1) is 7.52. The second-order valence-electron chi connectivity index (χ2n) is 2.21. The molecule has 3 heteroatoms. The van der Waals surface area contributed by atoms with Crippen molar-refractivity contribution in [3.8, 4) is 0 Å². The molecule has 0 saturated carbocycles. The van der Waals surface area contributed by atoms with Gasteiger partial charge in [0.1, 0.15) is 0 Å². The van der Waals surface area contributed by atoms with Gasteiger partial charge in [-0.25, -0.2) is 0 Å². The topological polar surface area (TPSA) is 37.3 Å². The molecular weight excluding hydrogens is 147 g/mol. The Hall–Kier alpha value is -0.590. The van der Waals surface area contributed by atoms with Crippen LogP contribution >= 0.6 is 7.37 Å². The van der Waals surface area contributed by atoms with Crippen molar-refractivity contribution < 1.29 is 9.46 Å². The van der Waals surface area contributed by atoms with Crippen LogP contribution in [0.15, 0.2) is 30.3 Å². The fraction of sp³-hybridized carbons (Fsp3) is 0.143. The van der Waals surface area contributed by atoms with E-state index >= 15 is 0 Å². The van der Waals surface area contributed by atoms with Crippen molar-refractivity contribution in [2.24, 2.45) is 0 Å². The van der Waals surface area contributed by atoms with Crippen molar-refractivity contribution in [3.63, 3.8) is 0 Å². The zero-order valence-corrected chi connectivity index (χ0v) is 6.58. The van der Waals surface area contributed by atoms with Crippen molar-refractivity contribution in [3.05, 3.63) is 30.3 Å². The third kappa shape index (κ3) is 1.69. The van der Waals surface area contributed by atoms with E-state index in [2.05, 4.69) is 0 Å². The Morgan fingerprint density at radius 3 is 2.10 bits per heavy atom. The van der Waals surface area contributed by atoms with Crippen LogP contribution < -0.4 is 5.30 Å². The predicted octanol–water partition coefficient (Wildman–Crippen LogP) is 1.21. The maximum atomic E-state index is 11.0. The van der Waals surface area contributed by atoms with Gasteiger partial charge >= 0.3 is 0 Å². The van der Waals surface area contributed by atoms with Crippen LogP contribution in [0, 0.1) is 0 Å². The maximum absolute atomic E-state index is 11.0. The summed E-state index contributed by atoms with van der Waals surface area (Å²) in [6, 6.07) is 8.63. The standard InChI is InChI=1S/C7H9O2P/c1-10(8,9)7-5-3-2-4-6-7/h2-6H,1H3,(H,8,9). The van der Waals surface area contributed by atoms with E-state index in [0.29, 0.717) is 5.30 Å². The molecule has 2 nitrogen and oxygen atoms in total. The lowest BCUT2D eigenvalue weighted by atomic mass is 10.4. The minimum atomic E-state index is -3.02. The molecule has 1 aromatic rings. The highest BCUT2D eigenvalue weighted by Gasteiger charge is 2.10. The summed E-state index contributed by atoms with van der Waals surface area (Å²) in [5.41, 5.74) is 0. The highest BCUT2D eigenvalue weighted by molar-refractivity contribution is 7.65. The largest absolute Gasteiger partial charge is 0.341 e. The van der Waals surface area contributed by atoms with Crippen LogP contribution in [0.3, 0.4) is 0 Å². The van der Waals surface area contributed by atoms with Gasteiger partial charge in [0.15, 0.2) is 0 Å². The fourth-order valence-corrected chi connectivity index (χ4v) is 1.43. The lowest BCUT2D eigenvalue weighted by molar-refractivity contribution is 0.496. The maximum Gasteiger partial charge on any atom is 0.226 e. The molecule has 10 heavy (non-hydrogen) atoms. The summed E-state index contributed by atoms with van der Waals surface area (Å²) in [5.74, 6) is 0. The SMILES string of the molecule is CP(=O)(O)c1ccccc1. The molecule has 0 bridgehead atoms. The predicted molar refractivity (Wildman–Crippen MR) is 41.8 cm³/mol. The van der Waals surface area contributed by atoms with Crippen LogP contribution in [0.2, 0.25) is 0 Å². The summed E-state index contributed by atoms with van der Waals surface area (Å²) < 4.78 is 11.0. The zero-order valence-electron chi connectivity index (χ0n) is 5.69. The number of rotatable bonds is 1. The van der Waals surface area contributed by atoms with Gasteiger partial charge in [-0.2, -0.15) is 0 Å². The number of hydrogen-bond donors (Lipinski definition) is 1. The monoisotopic (exact) mass is 156 g/mol. The normalized spacial score (nSPS) is 16.2. The second kappa shape index (κ2) is 2.57. The van der Waals surface area contributed by atoms with Crippen LogP contribution in [0.25, 0.3) is 0 Å². The van der Waals surface area contributed by atoms with Gasteiger partial charge in [0, 0.05) is 12.0 Å². The molecule has 0 aliphatic heterocycles. The van der Waals surface area contributed by atoms with Gasteiger partial charge in [0.2, 0.25) is 7.37 Å². The molecule has 0 aliphatic carbocycles. The van der Waals surface area contributed by atoms with Gasteiger partial charge in [-0.15, -0.1) is 0 Å². The molecule has 0 aliphatic rings. The molecule has 1 atom stereocenters. The van der Waals surface area contributed by atoms with E-state index in [-0.39, 0.29) is 0 Å². The summed E-state index contributed by atoms with van der Waals surface area (Å²) in [5, 5.41) is 0.509. The summed E-state index contributed by atoms with van der Waals surface area (Å²) in [7, 11) is -3.02. The first-order valence-corrected chi connectivity index (χ1v) is 5.07. The third-order valence-corrected chi connectivity index (χ3v) is 2.49. The molecular formula is C7H9O2P. The Morgan fingerprint density at radius 1 is 1.30 bits per heavy atom. The minimum Gasteiger partial charge on any atom is -0.341 e. The van der Waals surface area contributed by atoms with E-state index in [9.17, 15) is 4.57 Å². The van der Waals surface area contributed by atoms with E-state index in [1.54, 1.807) is 24.3 Å². The highest BCUT2D eigenvalue weighted by Crippen LogP contribution is 2.33. The van der Waals surface area contributed by atoms with Crippen molar-refractivity contribution in [1.29, 1.82) is 0 Å². The molecule has 0 amide bonds. The molecule has 54 valence electrons. The van der Waals surface area contributed by atoms with Crippen molar-refractivity contribution in [1.82, 2.24) is 0 Å². The quantitative estimate of drug-likeness (QED) is 0.620. The molecule has 1 rings (SSSR count). The van der Waals surface area contributed by atoms with E-state index in [4.69, 9.17) is 4.89 Å². The molecule has 1 aromatic carbocycles. The molecule has 0 aromatic heterocycles. The average molecular weight is 156 g/mol. The van der Waals surface area contributed by atoms with Crippen LogP contribution in [-0.4, -0.2) is 11.6 Å². The van der Waals surface area contributed by atoms with Crippen molar-refractivity contribution in [2.75, 3.05) is 6.66 Å². The van der Waals surface area contributed by atoms with Gasteiger partial charge in [-0.1, -0.05) is 18.2 Å². The van der Waals surface area contributed by atoms with Crippen LogP contribution in [0.1, 0.15) is 0 Å². The first-order valence-electron chi connectivity index (χ1n) is 2.96. The van der Waals surface area contributed by atoms with Gasteiger partial charge in [0.05, 0.1) is 0 Å². The Kier molecular flexibility index (Phi) is 1.93. The Balaban J connectivity index is 3.09.